The molecule has 2 heterocycles. The van der Waals surface area contributed by atoms with Crippen LogP contribution in [-0.4, -0.2) is 42.3 Å². The number of hydrogen-bond donors (Lipinski definition) is 3. The molecule has 0 aromatic carbocycles. The molecule has 1 aliphatic heterocycles. The Labute approximate surface area is 124 Å². The molecule has 4 N–H and O–H groups in total. The molecule has 116 valence electrons. The van der Waals surface area contributed by atoms with Crippen LogP contribution in [0.5, 0.6) is 0 Å². The highest BCUT2D eigenvalue weighted by atomic mass is 16.5. The number of hydrazine groups is 1. The molecule has 2 rings (SSSR count). The van der Waals surface area contributed by atoms with E-state index in [1.165, 1.54) is 7.11 Å². The van der Waals surface area contributed by atoms with Crippen LogP contribution >= 0.6 is 0 Å². The third kappa shape index (κ3) is 3.33. The predicted molar refractivity (Wildman–Crippen MR) is 80.1 cm³/mol. The molecule has 1 saturated heterocycles. The second-order valence-corrected chi connectivity index (χ2v) is 5.00. The Morgan fingerprint density at radius 1 is 1.52 bits per heavy atom. The number of carbonyl (C=O) groups excluding carboxylic acids is 1. The minimum Gasteiger partial charge on any atom is -0.453 e. The first-order chi connectivity index (χ1) is 10.1. The van der Waals surface area contributed by atoms with Gasteiger partial charge in [-0.2, -0.15) is 0 Å². The molecular formula is C13H22N6O2. The maximum atomic E-state index is 11.3. The maximum absolute atomic E-state index is 11.3. The molecule has 21 heavy (non-hydrogen) atoms. The molecule has 0 bridgehead atoms. The lowest BCUT2D eigenvalue weighted by molar-refractivity contribution is 0.167. The summed E-state index contributed by atoms with van der Waals surface area (Å²) in [4.78, 5) is 22.4. The van der Waals surface area contributed by atoms with Crippen LogP contribution in [0.4, 0.5) is 16.4 Å². The first-order valence-electron chi connectivity index (χ1n) is 7.02. The summed E-state index contributed by atoms with van der Waals surface area (Å²) in [6.07, 6.45) is 1.19. The number of alkyl carbamates (subject to hydrolysis) is 1. The fraction of sp³-hybridized carbons (Fsp3) is 0.615. The lowest BCUT2D eigenvalue weighted by Crippen LogP contribution is -2.37. The Bertz CT molecular complexity index is 522. The van der Waals surface area contributed by atoms with Crippen LogP contribution in [0.3, 0.4) is 0 Å². The van der Waals surface area contributed by atoms with Gasteiger partial charge in [0.25, 0.3) is 0 Å². The van der Waals surface area contributed by atoms with E-state index in [0.29, 0.717) is 12.4 Å². The first kappa shape index (κ1) is 15.3. The van der Waals surface area contributed by atoms with Crippen molar-refractivity contribution in [2.24, 2.45) is 5.84 Å². The molecule has 1 aromatic heterocycles. The van der Waals surface area contributed by atoms with E-state index in [0.717, 1.165) is 36.6 Å². The van der Waals surface area contributed by atoms with Crippen molar-refractivity contribution in [3.8, 4) is 0 Å². The molecule has 1 aromatic rings. The van der Waals surface area contributed by atoms with Crippen molar-refractivity contribution in [3.05, 3.63) is 11.4 Å². The number of hydrogen-bond acceptors (Lipinski definition) is 7. The molecule has 1 amide bonds. The van der Waals surface area contributed by atoms with Crippen LogP contribution in [0.15, 0.2) is 0 Å². The summed E-state index contributed by atoms with van der Waals surface area (Å²) in [5.74, 6) is 7.77. The number of carbonyl (C=O) groups is 1. The molecule has 1 fully saturated rings. The molecule has 0 spiro atoms. The van der Waals surface area contributed by atoms with E-state index in [-0.39, 0.29) is 6.04 Å². The summed E-state index contributed by atoms with van der Waals surface area (Å²) in [6.45, 7) is 5.45. The van der Waals surface area contributed by atoms with E-state index in [2.05, 4.69) is 30.3 Å². The molecule has 1 aliphatic rings. The van der Waals surface area contributed by atoms with Gasteiger partial charge >= 0.3 is 6.09 Å². The van der Waals surface area contributed by atoms with E-state index in [1.54, 1.807) is 0 Å². The monoisotopic (exact) mass is 294 g/mol. The number of ether oxygens (including phenoxy) is 1. The average Bonchev–Trinajstić information content (AvgIpc) is 2.95. The minimum absolute atomic E-state index is 0.0613. The van der Waals surface area contributed by atoms with Gasteiger partial charge in [-0.05, 0) is 13.3 Å². The van der Waals surface area contributed by atoms with Crippen molar-refractivity contribution in [2.45, 2.75) is 32.7 Å². The van der Waals surface area contributed by atoms with Crippen molar-refractivity contribution in [2.75, 3.05) is 30.5 Å². The quantitative estimate of drug-likeness (QED) is 0.550. The largest absolute Gasteiger partial charge is 0.453 e. The second-order valence-electron chi connectivity index (χ2n) is 5.00. The number of nitrogens with two attached hydrogens (primary N) is 1. The Morgan fingerprint density at radius 3 is 2.90 bits per heavy atom. The van der Waals surface area contributed by atoms with Gasteiger partial charge in [-0.15, -0.1) is 0 Å². The van der Waals surface area contributed by atoms with E-state index in [9.17, 15) is 4.79 Å². The van der Waals surface area contributed by atoms with Crippen molar-refractivity contribution in [1.29, 1.82) is 0 Å². The highest BCUT2D eigenvalue weighted by Gasteiger charge is 2.27. The molecule has 0 saturated carbocycles. The molecule has 8 heteroatoms. The SMILES string of the molecule is CCc1nc(NN)c(C)c(N2CCC(NC(=O)OC)C2)n1. The molecule has 1 unspecified atom stereocenters. The van der Waals surface area contributed by atoms with Gasteiger partial charge in [-0.3, -0.25) is 0 Å². The standard InChI is InChI=1S/C13H22N6O2/c1-4-10-16-11(18-14)8(2)12(17-10)19-6-5-9(7-19)15-13(20)21-3/h9H,4-7,14H2,1-3H3,(H,15,20)(H,16,17,18). The van der Waals surface area contributed by atoms with Gasteiger partial charge in [0.2, 0.25) is 0 Å². The van der Waals surface area contributed by atoms with Gasteiger partial charge in [0, 0.05) is 25.1 Å². The zero-order valence-electron chi connectivity index (χ0n) is 12.6. The summed E-state index contributed by atoms with van der Waals surface area (Å²) < 4.78 is 4.63. The third-order valence-corrected chi connectivity index (χ3v) is 3.61. The molecule has 1 atom stereocenters. The van der Waals surface area contributed by atoms with Crippen LogP contribution in [0, 0.1) is 6.92 Å². The summed E-state index contributed by atoms with van der Waals surface area (Å²) in [6, 6.07) is 0.0613. The predicted octanol–water partition coefficient (Wildman–Crippen LogP) is 0.568. The topological polar surface area (TPSA) is 105 Å². The van der Waals surface area contributed by atoms with E-state index in [1.807, 2.05) is 13.8 Å². The first-order valence-corrected chi connectivity index (χ1v) is 7.02. The number of nitrogen functional groups attached to an aromatic ring is 1. The smallest absolute Gasteiger partial charge is 0.407 e. The molecular weight excluding hydrogens is 272 g/mol. The Morgan fingerprint density at radius 2 is 2.29 bits per heavy atom. The van der Waals surface area contributed by atoms with Crippen molar-refractivity contribution >= 4 is 17.7 Å². The fourth-order valence-electron chi connectivity index (χ4n) is 2.45. The Balaban J connectivity index is 2.17. The van der Waals surface area contributed by atoms with Gasteiger partial charge in [0.15, 0.2) is 0 Å². The number of amides is 1. The summed E-state index contributed by atoms with van der Waals surface area (Å²) in [5.41, 5.74) is 3.53. The molecule has 0 aliphatic carbocycles. The summed E-state index contributed by atoms with van der Waals surface area (Å²) in [7, 11) is 1.36. The summed E-state index contributed by atoms with van der Waals surface area (Å²) in [5, 5.41) is 2.82. The number of methoxy groups -OCH3 is 1. The molecule has 8 nitrogen and oxygen atoms in total. The zero-order valence-corrected chi connectivity index (χ0v) is 12.6. The second kappa shape index (κ2) is 6.57. The lowest BCUT2D eigenvalue weighted by atomic mass is 10.2. The molecule has 0 radical (unpaired) electrons. The van der Waals surface area contributed by atoms with Crippen LogP contribution in [0.2, 0.25) is 0 Å². The van der Waals surface area contributed by atoms with Crippen LogP contribution in [0.25, 0.3) is 0 Å². The highest BCUT2D eigenvalue weighted by molar-refractivity contribution is 5.67. The van der Waals surface area contributed by atoms with Crippen LogP contribution in [0.1, 0.15) is 24.7 Å². The number of nitrogens with zero attached hydrogens (tertiary/aromatic N) is 3. The van der Waals surface area contributed by atoms with Crippen molar-refractivity contribution < 1.29 is 9.53 Å². The van der Waals surface area contributed by atoms with Gasteiger partial charge in [-0.1, -0.05) is 6.92 Å². The normalized spacial score (nSPS) is 17.7. The van der Waals surface area contributed by atoms with Gasteiger partial charge < -0.3 is 20.4 Å². The third-order valence-electron chi connectivity index (χ3n) is 3.61. The van der Waals surface area contributed by atoms with Gasteiger partial charge in [0.05, 0.1) is 13.2 Å². The number of aryl methyl sites for hydroxylation is 1. The average molecular weight is 294 g/mol. The lowest BCUT2D eigenvalue weighted by Gasteiger charge is -2.21. The van der Waals surface area contributed by atoms with Gasteiger partial charge in [0.1, 0.15) is 17.5 Å². The maximum Gasteiger partial charge on any atom is 0.407 e. The van der Waals surface area contributed by atoms with E-state index >= 15 is 0 Å². The Kier molecular flexibility index (Phi) is 4.79. The van der Waals surface area contributed by atoms with Crippen molar-refractivity contribution in [1.82, 2.24) is 15.3 Å². The fourth-order valence-corrected chi connectivity index (χ4v) is 2.45. The number of aromatic nitrogens is 2. The zero-order chi connectivity index (χ0) is 15.4. The van der Waals surface area contributed by atoms with Crippen LogP contribution in [-0.2, 0) is 11.2 Å². The Hall–Kier alpha value is -2.09. The number of rotatable bonds is 4. The number of anilines is 2. The van der Waals surface area contributed by atoms with Crippen molar-refractivity contribution in [3.63, 3.8) is 0 Å². The summed E-state index contributed by atoms with van der Waals surface area (Å²) >= 11 is 0. The highest BCUT2D eigenvalue weighted by Crippen LogP contribution is 2.26. The minimum atomic E-state index is -0.403. The van der Waals surface area contributed by atoms with E-state index in [4.69, 9.17) is 5.84 Å². The van der Waals surface area contributed by atoms with Gasteiger partial charge in [-0.25, -0.2) is 20.6 Å². The van der Waals surface area contributed by atoms with Crippen LogP contribution < -0.4 is 21.5 Å². The number of nitrogens with one attached hydrogen (secondary N) is 2. The van der Waals surface area contributed by atoms with E-state index < -0.39 is 6.09 Å².